The summed E-state index contributed by atoms with van der Waals surface area (Å²) in [6.45, 7) is 1.43. The summed E-state index contributed by atoms with van der Waals surface area (Å²) in [6, 6.07) is 9.89. The van der Waals surface area contributed by atoms with Gasteiger partial charge in [0.05, 0.1) is 5.69 Å². The minimum absolute atomic E-state index is 0.0939. The molecule has 0 atom stereocenters. The highest BCUT2D eigenvalue weighted by Gasteiger charge is 2.01. The van der Waals surface area contributed by atoms with E-state index in [1.165, 1.54) is 0 Å². The number of benzene rings is 1. The quantitative estimate of drug-likeness (QED) is 0.751. The minimum atomic E-state index is 0.0939. The van der Waals surface area contributed by atoms with Crippen molar-refractivity contribution in [2.75, 3.05) is 13.6 Å². The number of amides is 1. The standard InChI is InChI=1S/C15H20N4O/c1-16-9-2-4-15(20)17-12-13-5-7-14(8-6-13)19-11-3-10-18-19/h3,5-8,10-11,16H,2,4,9,12H2,1H3,(H,17,20). The van der Waals surface area contributed by atoms with E-state index < -0.39 is 0 Å². The SMILES string of the molecule is CNCCCC(=O)NCc1ccc(-n2cccn2)cc1. The Bertz CT molecular complexity index is 519. The van der Waals surface area contributed by atoms with Crippen molar-refractivity contribution >= 4 is 5.91 Å². The maximum absolute atomic E-state index is 11.6. The third kappa shape index (κ3) is 4.20. The molecule has 0 saturated carbocycles. The third-order valence-corrected chi connectivity index (χ3v) is 3.03. The Morgan fingerprint density at radius 3 is 2.75 bits per heavy atom. The third-order valence-electron chi connectivity index (χ3n) is 3.03. The Balaban J connectivity index is 1.81. The topological polar surface area (TPSA) is 59.0 Å². The van der Waals surface area contributed by atoms with Crippen molar-refractivity contribution in [1.82, 2.24) is 20.4 Å². The molecule has 1 aromatic heterocycles. The molecule has 20 heavy (non-hydrogen) atoms. The van der Waals surface area contributed by atoms with Gasteiger partial charge in [-0.2, -0.15) is 5.10 Å². The Kier molecular flexibility index (Phi) is 5.32. The number of rotatable bonds is 7. The van der Waals surface area contributed by atoms with Crippen molar-refractivity contribution in [2.24, 2.45) is 0 Å². The van der Waals surface area contributed by atoms with Gasteiger partial charge in [0.2, 0.25) is 5.91 Å². The van der Waals surface area contributed by atoms with Crippen molar-refractivity contribution in [2.45, 2.75) is 19.4 Å². The number of carbonyl (C=O) groups excluding carboxylic acids is 1. The first-order valence-electron chi connectivity index (χ1n) is 6.80. The summed E-state index contributed by atoms with van der Waals surface area (Å²) >= 11 is 0. The van der Waals surface area contributed by atoms with E-state index in [2.05, 4.69) is 15.7 Å². The van der Waals surface area contributed by atoms with Crippen LogP contribution in [0.4, 0.5) is 0 Å². The summed E-state index contributed by atoms with van der Waals surface area (Å²) < 4.78 is 1.81. The molecule has 0 bridgehead atoms. The molecule has 0 spiro atoms. The molecule has 0 saturated heterocycles. The van der Waals surface area contributed by atoms with E-state index in [-0.39, 0.29) is 5.91 Å². The number of hydrogen-bond donors (Lipinski definition) is 2. The second-order valence-electron chi connectivity index (χ2n) is 4.60. The highest BCUT2D eigenvalue weighted by atomic mass is 16.1. The zero-order chi connectivity index (χ0) is 14.2. The Labute approximate surface area is 119 Å². The average molecular weight is 272 g/mol. The summed E-state index contributed by atoms with van der Waals surface area (Å²) in [7, 11) is 1.89. The molecule has 2 aromatic rings. The monoisotopic (exact) mass is 272 g/mol. The van der Waals surface area contributed by atoms with Crippen LogP contribution in [0, 0.1) is 0 Å². The lowest BCUT2D eigenvalue weighted by Crippen LogP contribution is -2.23. The first-order chi connectivity index (χ1) is 9.79. The van der Waals surface area contributed by atoms with Gasteiger partial charge in [-0.05, 0) is 43.8 Å². The van der Waals surface area contributed by atoms with E-state index in [0.717, 1.165) is 24.2 Å². The molecule has 5 nitrogen and oxygen atoms in total. The molecule has 0 radical (unpaired) electrons. The second kappa shape index (κ2) is 7.45. The van der Waals surface area contributed by atoms with Gasteiger partial charge in [0.1, 0.15) is 0 Å². The molecule has 1 heterocycles. The van der Waals surface area contributed by atoms with Crippen LogP contribution in [0.3, 0.4) is 0 Å². The van der Waals surface area contributed by atoms with E-state index in [4.69, 9.17) is 0 Å². The van der Waals surface area contributed by atoms with Crippen LogP contribution in [0.15, 0.2) is 42.7 Å². The molecule has 2 N–H and O–H groups in total. The minimum Gasteiger partial charge on any atom is -0.352 e. The largest absolute Gasteiger partial charge is 0.352 e. The van der Waals surface area contributed by atoms with Gasteiger partial charge in [0.15, 0.2) is 0 Å². The fourth-order valence-corrected chi connectivity index (χ4v) is 1.90. The molecule has 0 aliphatic heterocycles. The first kappa shape index (κ1) is 14.3. The molecule has 0 aliphatic carbocycles. The molecular formula is C15H20N4O. The number of nitrogens with zero attached hydrogens (tertiary/aromatic N) is 2. The molecular weight excluding hydrogens is 252 g/mol. The summed E-state index contributed by atoms with van der Waals surface area (Å²) in [6.07, 6.45) is 5.07. The van der Waals surface area contributed by atoms with E-state index in [1.54, 1.807) is 10.9 Å². The van der Waals surface area contributed by atoms with Crippen LogP contribution in [-0.2, 0) is 11.3 Å². The van der Waals surface area contributed by atoms with Gasteiger partial charge >= 0.3 is 0 Å². The van der Waals surface area contributed by atoms with Gasteiger partial charge in [-0.15, -0.1) is 0 Å². The van der Waals surface area contributed by atoms with Gasteiger partial charge in [-0.3, -0.25) is 4.79 Å². The summed E-state index contributed by atoms with van der Waals surface area (Å²) in [5, 5.41) is 10.1. The van der Waals surface area contributed by atoms with Crippen LogP contribution >= 0.6 is 0 Å². The summed E-state index contributed by atoms with van der Waals surface area (Å²) in [4.78, 5) is 11.6. The van der Waals surface area contributed by atoms with Crippen LogP contribution in [0.2, 0.25) is 0 Å². The highest BCUT2D eigenvalue weighted by molar-refractivity contribution is 5.75. The average Bonchev–Trinajstić information content (AvgIpc) is 3.00. The highest BCUT2D eigenvalue weighted by Crippen LogP contribution is 2.08. The lowest BCUT2D eigenvalue weighted by Gasteiger charge is -2.07. The molecule has 0 unspecified atom stereocenters. The fourth-order valence-electron chi connectivity index (χ4n) is 1.90. The van der Waals surface area contributed by atoms with Crippen molar-refractivity contribution in [3.8, 4) is 5.69 Å². The fraction of sp³-hybridized carbons (Fsp3) is 0.333. The van der Waals surface area contributed by atoms with Crippen molar-refractivity contribution < 1.29 is 4.79 Å². The van der Waals surface area contributed by atoms with Crippen molar-refractivity contribution in [3.63, 3.8) is 0 Å². The van der Waals surface area contributed by atoms with Gasteiger partial charge in [0, 0.05) is 25.4 Å². The number of nitrogens with one attached hydrogen (secondary N) is 2. The number of carbonyl (C=O) groups is 1. The zero-order valence-electron chi connectivity index (χ0n) is 11.7. The predicted octanol–water partition coefficient (Wildman–Crippen LogP) is 1.49. The maximum atomic E-state index is 11.6. The zero-order valence-corrected chi connectivity index (χ0v) is 11.7. The molecule has 2 rings (SSSR count). The first-order valence-corrected chi connectivity index (χ1v) is 6.80. The van der Waals surface area contributed by atoms with Gasteiger partial charge in [-0.25, -0.2) is 4.68 Å². The van der Waals surface area contributed by atoms with E-state index in [9.17, 15) is 4.79 Å². The lowest BCUT2D eigenvalue weighted by atomic mass is 10.2. The second-order valence-corrected chi connectivity index (χ2v) is 4.60. The van der Waals surface area contributed by atoms with Crippen LogP contribution in [0.1, 0.15) is 18.4 Å². The van der Waals surface area contributed by atoms with Crippen molar-refractivity contribution in [3.05, 3.63) is 48.3 Å². The maximum Gasteiger partial charge on any atom is 0.220 e. The smallest absolute Gasteiger partial charge is 0.220 e. The van der Waals surface area contributed by atoms with Crippen LogP contribution in [-0.4, -0.2) is 29.3 Å². The Morgan fingerprint density at radius 2 is 2.10 bits per heavy atom. The van der Waals surface area contributed by atoms with Crippen LogP contribution in [0.25, 0.3) is 5.69 Å². The molecule has 1 amide bonds. The van der Waals surface area contributed by atoms with Crippen LogP contribution in [0.5, 0.6) is 0 Å². The molecule has 106 valence electrons. The van der Waals surface area contributed by atoms with E-state index in [0.29, 0.717) is 13.0 Å². The van der Waals surface area contributed by atoms with Crippen molar-refractivity contribution in [1.29, 1.82) is 0 Å². The summed E-state index contributed by atoms with van der Waals surface area (Å²) in [5.41, 5.74) is 2.10. The summed E-state index contributed by atoms with van der Waals surface area (Å²) in [5.74, 6) is 0.0939. The van der Waals surface area contributed by atoms with Gasteiger partial charge < -0.3 is 10.6 Å². The normalized spacial score (nSPS) is 10.4. The molecule has 1 aromatic carbocycles. The molecule has 5 heteroatoms. The number of hydrogen-bond acceptors (Lipinski definition) is 3. The lowest BCUT2D eigenvalue weighted by molar-refractivity contribution is -0.121. The Morgan fingerprint density at radius 1 is 1.30 bits per heavy atom. The van der Waals surface area contributed by atoms with Gasteiger partial charge in [0.25, 0.3) is 0 Å². The number of aromatic nitrogens is 2. The molecule has 0 aliphatic rings. The van der Waals surface area contributed by atoms with E-state index >= 15 is 0 Å². The van der Waals surface area contributed by atoms with E-state index in [1.807, 2.05) is 43.6 Å². The Hall–Kier alpha value is -2.14. The van der Waals surface area contributed by atoms with Crippen LogP contribution < -0.4 is 10.6 Å². The van der Waals surface area contributed by atoms with Gasteiger partial charge in [-0.1, -0.05) is 12.1 Å². The molecule has 0 fully saturated rings. The predicted molar refractivity (Wildman–Crippen MR) is 78.6 cm³/mol.